The maximum Gasteiger partial charge on any atom is 0.254 e. The topological polar surface area (TPSA) is 92.5 Å². The molecule has 2 saturated carbocycles. The van der Waals surface area contributed by atoms with E-state index in [0.29, 0.717) is 58.1 Å². The number of hydrogen-bond donors (Lipinski definition) is 3. The number of benzene rings is 1. The van der Waals surface area contributed by atoms with E-state index < -0.39 is 12.0 Å². The predicted octanol–water partition coefficient (Wildman–Crippen LogP) is 5.43. The smallest absolute Gasteiger partial charge is 0.254 e. The summed E-state index contributed by atoms with van der Waals surface area (Å²) in [5, 5.41) is 6.78. The fourth-order valence-electron chi connectivity index (χ4n) is 5.85. The molecule has 2 aromatic rings. The number of H-pyrrole nitrogens is 1. The molecule has 2 aliphatic carbocycles. The van der Waals surface area contributed by atoms with Gasteiger partial charge in [-0.2, -0.15) is 0 Å². The second kappa shape index (κ2) is 10.7. The van der Waals surface area contributed by atoms with Crippen molar-refractivity contribution in [1.82, 2.24) is 15.6 Å². The number of amides is 1. The molecule has 0 saturated heterocycles. The number of thioether (sulfide) groups is 1. The highest BCUT2D eigenvalue weighted by Crippen LogP contribution is 2.51. The molecule has 5 rings (SSSR count). The first kappa shape index (κ1) is 27.3. The van der Waals surface area contributed by atoms with E-state index in [0.717, 1.165) is 36.3 Å². The molecule has 1 aliphatic heterocycles. The van der Waals surface area contributed by atoms with Gasteiger partial charge in [-0.25, -0.2) is 4.39 Å². The standard InChI is InChI=1S/C28H35ClFN3O4S/c1-14-9-23(38-4)21(27(35)32-14)13-31-26(34)20-12-22(29)25-24(15(20)2)36-28(3,37-25)16-5-7-18(8-6-16)33-19-10-17(30)11-19/h9,12,16-19,33H,5-8,10-11,13H2,1-4H3,(H,31,34)(H,32,35)/t16-,17-,18-,19-,28-/m1/s1. The summed E-state index contributed by atoms with van der Waals surface area (Å²) in [7, 11) is 0. The van der Waals surface area contributed by atoms with Crippen LogP contribution in [-0.4, -0.2) is 41.2 Å². The second-order valence-electron chi connectivity index (χ2n) is 10.9. The number of hydrogen-bond acceptors (Lipinski definition) is 6. The molecule has 3 aliphatic rings. The summed E-state index contributed by atoms with van der Waals surface area (Å²) in [6.45, 7) is 5.68. The highest BCUT2D eigenvalue weighted by atomic mass is 35.5. The Morgan fingerprint density at radius 2 is 1.84 bits per heavy atom. The van der Waals surface area contributed by atoms with Gasteiger partial charge in [0.15, 0.2) is 11.5 Å². The number of halogens is 2. The summed E-state index contributed by atoms with van der Waals surface area (Å²) in [5.74, 6) is -0.0955. The molecular formula is C28H35ClFN3O4S. The van der Waals surface area contributed by atoms with Crippen LogP contribution in [0.25, 0.3) is 0 Å². The van der Waals surface area contributed by atoms with Gasteiger partial charge in [0.25, 0.3) is 17.3 Å². The van der Waals surface area contributed by atoms with Gasteiger partial charge in [0.05, 0.1) is 5.02 Å². The van der Waals surface area contributed by atoms with E-state index in [-0.39, 0.29) is 23.9 Å². The molecule has 206 valence electrons. The number of fused-ring (bicyclic) bond motifs is 1. The Hall–Kier alpha value is -2.23. The van der Waals surface area contributed by atoms with Crippen LogP contribution in [0, 0.1) is 19.8 Å². The Kier molecular flexibility index (Phi) is 7.73. The predicted molar refractivity (Wildman–Crippen MR) is 147 cm³/mol. The van der Waals surface area contributed by atoms with Gasteiger partial charge in [0.2, 0.25) is 0 Å². The first-order valence-corrected chi connectivity index (χ1v) is 14.8. The number of aromatic amines is 1. The number of carbonyl (C=O) groups excluding carboxylic acids is 1. The minimum Gasteiger partial charge on any atom is -0.448 e. The van der Waals surface area contributed by atoms with Crippen molar-refractivity contribution in [3.63, 3.8) is 0 Å². The average Bonchev–Trinajstić information content (AvgIpc) is 3.24. The molecule has 1 atom stereocenters. The van der Waals surface area contributed by atoms with Gasteiger partial charge in [0, 0.05) is 58.7 Å². The van der Waals surface area contributed by atoms with Gasteiger partial charge in [-0.1, -0.05) is 11.6 Å². The number of aromatic nitrogens is 1. The fraction of sp³-hybridized carbons (Fsp3) is 0.571. The summed E-state index contributed by atoms with van der Waals surface area (Å²) in [6.07, 6.45) is 6.28. The zero-order chi connectivity index (χ0) is 27.2. The van der Waals surface area contributed by atoms with Gasteiger partial charge in [-0.05, 0) is 70.8 Å². The van der Waals surface area contributed by atoms with E-state index in [1.807, 2.05) is 33.1 Å². The van der Waals surface area contributed by atoms with Gasteiger partial charge in [0.1, 0.15) is 6.17 Å². The van der Waals surface area contributed by atoms with Crippen LogP contribution in [0.15, 0.2) is 21.8 Å². The number of carbonyl (C=O) groups is 1. The summed E-state index contributed by atoms with van der Waals surface area (Å²) in [6, 6.07) is 4.19. The number of alkyl halides is 1. The zero-order valence-corrected chi connectivity index (χ0v) is 23.8. The number of nitrogens with one attached hydrogen (secondary N) is 3. The molecule has 1 aromatic heterocycles. The lowest BCUT2D eigenvalue weighted by Crippen LogP contribution is -2.51. The number of rotatable bonds is 7. The monoisotopic (exact) mass is 563 g/mol. The molecule has 2 fully saturated rings. The minimum absolute atomic E-state index is 0.0952. The lowest BCUT2D eigenvalue weighted by atomic mass is 9.80. The molecule has 1 aromatic carbocycles. The molecule has 7 nitrogen and oxygen atoms in total. The second-order valence-corrected chi connectivity index (χ2v) is 12.2. The number of pyridine rings is 1. The maximum atomic E-state index is 13.2. The van der Waals surface area contributed by atoms with Crippen LogP contribution < -0.4 is 25.7 Å². The Bertz CT molecular complexity index is 1290. The van der Waals surface area contributed by atoms with E-state index in [1.165, 1.54) is 11.8 Å². The molecule has 38 heavy (non-hydrogen) atoms. The van der Waals surface area contributed by atoms with Crippen molar-refractivity contribution in [2.24, 2.45) is 5.92 Å². The van der Waals surface area contributed by atoms with Crippen LogP contribution in [0.1, 0.15) is 72.6 Å². The Morgan fingerprint density at radius 1 is 1.16 bits per heavy atom. The molecule has 0 spiro atoms. The normalized spacial score (nSPS) is 28.2. The molecule has 1 amide bonds. The van der Waals surface area contributed by atoms with Crippen LogP contribution in [0.2, 0.25) is 5.02 Å². The van der Waals surface area contributed by atoms with E-state index in [4.69, 9.17) is 21.1 Å². The third-order valence-electron chi connectivity index (χ3n) is 8.19. The average molecular weight is 564 g/mol. The third kappa shape index (κ3) is 5.29. The van der Waals surface area contributed by atoms with E-state index in [1.54, 1.807) is 6.07 Å². The van der Waals surface area contributed by atoms with E-state index >= 15 is 0 Å². The van der Waals surface area contributed by atoms with Crippen LogP contribution >= 0.6 is 23.4 Å². The molecule has 2 heterocycles. The van der Waals surface area contributed by atoms with Crippen LogP contribution in [-0.2, 0) is 6.54 Å². The molecule has 10 heteroatoms. The lowest BCUT2D eigenvalue weighted by Gasteiger charge is -2.40. The number of ether oxygens (including phenoxy) is 2. The Balaban J connectivity index is 1.26. The molecule has 3 N–H and O–H groups in total. The summed E-state index contributed by atoms with van der Waals surface area (Å²) >= 11 is 8.06. The third-order valence-corrected chi connectivity index (χ3v) is 9.27. The highest BCUT2D eigenvalue weighted by Gasteiger charge is 2.47. The molecule has 0 bridgehead atoms. The molecular weight excluding hydrogens is 529 g/mol. The summed E-state index contributed by atoms with van der Waals surface area (Å²) < 4.78 is 25.9. The van der Waals surface area contributed by atoms with E-state index in [9.17, 15) is 14.0 Å². The molecule has 0 radical (unpaired) electrons. The Morgan fingerprint density at radius 3 is 2.50 bits per heavy atom. The van der Waals surface area contributed by atoms with Crippen molar-refractivity contribution in [1.29, 1.82) is 0 Å². The Labute approximate surface area is 231 Å². The zero-order valence-electron chi connectivity index (χ0n) is 22.2. The maximum absolute atomic E-state index is 13.2. The van der Waals surface area contributed by atoms with Crippen LogP contribution in [0.4, 0.5) is 4.39 Å². The van der Waals surface area contributed by atoms with Gasteiger partial charge in [-0.15, -0.1) is 11.8 Å². The van der Waals surface area contributed by atoms with Crippen molar-refractivity contribution in [2.45, 2.75) is 94.8 Å². The summed E-state index contributed by atoms with van der Waals surface area (Å²) in [5.41, 5.74) is 2.11. The van der Waals surface area contributed by atoms with Crippen molar-refractivity contribution in [2.75, 3.05) is 6.26 Å². The van der Waals surface area contributed by atoms with Gasteiger partial charge >= 0.3 is 0 Å². The first-order valence-electron chi connectivity index (χ1n) is 13.2. The quantitative estimate of drug-likeness (QED) is 0.389. The van der Waals surface area contributed by atoms with Crippen LogP contribution in [0.5, 0.6) is 11.5 Å². The fourth-order valence-corrected chi connectivity index (χ4v) is 6.79. The van der Waals surface area contributed by atoms with Gasteiger partial charge < -0.3 is 25.1 Å². The van der Waals surface area contributed by atoms with Crippen molar-refractivity contribution in [3.05, 3.63) is 49.9 Å². The number of aryl methyl sites for hydroxylation is 1. The van der Waals surface area contributed by atoms with Crippen molar-refractivity contribution in [3.8, 4) is 11.5 Å². The van der Waals surface area contributed by atoms with E-state index in [2.05, 4.69) is 15.6 Å². The minimum atomic E-state index is -0.875. The summed E-state index contributed by atoms with van der Waals surface area (Å²) in [4.78, 5) is 29.3. The SMILES string of the molecule is CSc1cc(C)[nH]c(=O)c1CNC(=O)c1cc(Cl)c2c(c1C)O[C@@](C)([C@H]1CC[C@H](N[C@H]3C[C@H](F)C3)CC1)O2. The highest BCUT2D eigenvalue weighted by molar-refractivity contribution is 7.98. The first-order chi connectivity index (χ1) is 18.1. The van der Waals surface area contributed by atoms with Crippen molar-refractivity contribution >= 4 is 29.3 Å². The van der Waals surface area contributed by atoms with Gasteiger partial charge in [-0.3, -0.25) is 9.59 Å². The van der Waals surface area contributed by atoms with Crippen molar-refractivity contribution < 1.29 is 18.7 Å². The molecule has 0 unspecified atom stereocenters. The largest absolute Gasteiger partial charge is 0.448 e. The van der Waals surface area contributed by atoms with Crippen LogP contribution in [0.3, 0.4) is 0 Å². The lowest BCUT2D eigenvalue weighted by molar-refractivity contribution is -0.121.